The highest BCUT2D eigenvalue weighted by Crippen LogP contribution is 2.33. The maximum absolute atomic E-state index is 5.27. The Labute approximate surface area is 87.9 Å². The van der Waals surface area contributed by atoms with E-state index in [0.717, 1.165) is 18.3 Å². The van der Waals surface area contributed by atoms with E-state index in [1.54, 1.807) is 0 Å². The lowest BCUT2D eigenvalue weighted by molar-refractivity contribution is 0.250. The second-order valence-electron chi connectivity index (χ2n) is 4.95. The average molecular weight is 191 g/mol. The van der Waals surface area contributed by atoms with E-state index < -0.39 is 0 Å². The first-order chi connectivity index (χ1) is 6.88. The average Bonchev–Trinajstić information content (AvgIpc) is 2.99. The van der Waals surface area contributed by atoms with Crippen LogP contribution in [0.4, 0.5) is 0 Å². The largest absolute Gasteiger partial charge is 0.303 e. The van der Waals surface area contributed by atoms with Crippen molar-refractivity contribution in [2.75, 3.05) is 19.6 Å². The minimum Gasteiger partial charge on any atom is -0.303 e. The lowest BCUT2D eigenvalue weighted by atomic mass is 10.2. The van der Waals surface area contributed by atoms with Crippen LogP contribution in [0.15, 0.2) is 0 Å². The molecule has 0 spiro atoms. The molecule has 0 unspecified atom stereocenters. The number of terminal acetylenes is 1. The molecule has 0 atom stereocenters. The summed E-state index contributed by atoms with van der Waals surface area (Å²) >= 11 is 0. The minimum atomic E-state index is 0.950. The van der Waals surface area contributed by atoms with E-state index >= 15 is 0 Å². The monoisotopic (exact) mass is 191 g/mol. The zero-order valence-corrected chi connectivity index (χ0v) is 9.04. The van der Waals surface area contributed by atoms with Crippen molar-refractivity contribution in [3.05, 3.63) is 0 Å². The number of rotatable bonds is 7. The van der Waals surface area contributed by atoms with Crippen LogP contribution >= 0.6 is 0 Å². The van der Waals surface area contributed by atoms with Crippen LogP contribution in [-0.2, 0) is 0 Å². The first-order valence-electron chi connectivity index (χ1n) is 6.04. The summed E-state index contributed by atoms with van der Waals surface area (Å²) in [6.07, 6.45) is 13.3. The molecule has 2 aliphatic rings. The highest BCUT2D eigenvalue weighted by atomic mass is 15.1. The second-order valence-corrected chi connectivity index (χ2v) is 4.95. The van der Waals surface area contributed by atoms with Gasteiger partial charge in [-0.25, -0.2) is 0 Å². The Morgan fingerprint density at radius 2 is 1.64 bits per heavy atom. The van der Waals surface area contributed by atoms with Crippen molar-refractivity contribution >= 4 is 0 Å². The van der Waals surface area contributed by atoms with Crippen LogP contribution in [0.1, 0.15) is 38.5 Å². The van der Waals surface area contributed by atoms with Gasteiger partial charge in [-0.05, 0) is 50.5 Å². The van der Waals surface area contributed by atoms with Crippen LogP contribution in [0.2, 0.25) is 0 Å². The normalized spacial score (nSPS) is 21.1. The van der Waals surface area contributed by atoms with Crippen molar-refractivity contribution in [1.29, 1.82) is 0 Å². The number of unbranched alkanes of at least 4 members (excludes halogenated alkanes) is 1. The van der Waals surface area contributed by atoms with E-state index in [9.17, 15) is 0 Å². The molecule has 78 valence electrons. The molecule has 0 aromatic heterocycles. The highest BCUT2D eigenvalue weighted by Gasteiger charge is 2.28. The van der Waals surface area contributed by atoms with E-state index in [-0.39, 0.29) is 0 Å². The van der Waals surface area contributed by atoms with E-state index in [0.29, 0.717) is 0 Å². The Balaban J connectivity index is 1.64. The van der Waals surface area contributed by atoms with Gasteiger partial charge in [-0.1, -0.05) is 0 Å². The molecule has 0 heterocycles. The van der Waals surface area contributed by atoms with E-state index in [2.05, 4.69) is 10.8 Å². The van der Waals surface area contributed by atoms with E-state index in [4.69, 9.17) is 6.42 Å². The summed E-state index contributed by atoms with van der Waals surface area (Å²) in [6.45, 7) is 3.93. The predicted octanol–water partition coefficient (Wildman–Crippen LogP) is 2.52. The van der Waals surface area contributed by atoms with Crippen LogP contribution in [0.5, 0.6) is 0 Å². The molecule has 0 N–H and O–H groups in total. The van der Waals surface area contributed by atoms with Crippen molar-refractivity contribution < 1.29 is 0 Å². The molecule has 0 radical (unpaired) electrons. The lowest BCUT2D eigenvalue weighted by Gasteiger charge is -2.21. The Kier molecular flexibility index (Phi) is 3.48. The zero-order chi connectivity index (χ0) is 9.80. The predicted molar refractivity (Wildman–Crippen MR) is 60.0 cm³/mol. The van der Waals surface area contributed by atoms with Gasteiger partial charge >= 0.3 is 0 Å². The van der Waals surface area contributed by atoms with Gasteiger partial charge in [0.05, 0.1) is 0 Å². The molecule has 2 rings (SSSR count). The molecule has 0 aromatic carbocycles. The number of hydrogen-bond donors (Lipinski definition) is 0. The molecule has 2 aliphatic carbocycles. The summed E-state index contributed by atoms with van der Waals surface area (Å²) in [7, 11) is 0. The molecule has 0 aromatic rings. The maximum atomic E-state index is 5.27. The molecule has 2 fully saturated rings. The van der Waals surface area contributed by atoms with E-state index in [1.807, 2.05) is 0 Å². The fourth-order valence-electron chi connectivity index (χ4n) is 1.99. The van der Waals surface area contributed by atoms with Gasteiger partial charge in [-0.2, -0.15) is 0 Å². The third-order valence-corrected chi connectivity index (χ3v) is 3.22. The summed E-state index contributed by atoms with van der Waals surface area (Å²) in [5.74, 6) is 4.79. The highest BCUT2D eigenvalue weighted by molar-refractivity contribution is 4.85. The Bertz CT molecular complexity index is 194. The summed E-state index contributed by atoms with van der Waals surface area (Å²) in [5.41, 5.74) is 0. The molecule has 1 nitrogen and oxygen atoms in total. The maximum Gasteiger partial charge on any atom is 0.00982 e. The van der Waals surface area contributed by atoms with E-state index in [1.165, 1.54) is 51.7 Å². The van der Waals surface area contributed by atoms with Crippen LogP contribution < -0.4 is 0 Å². The summed E-state index contributed by atoms with van der Waals surface area (Å²) < 4.78 is 0. The van der Waals surface area contributed by atoms with Gasteiger partial charge in [-0.3, -0.25) is 0 Å². The summed E-state index contributed by atoms with van der Waals surface area (Å²) in [4.78, 5) is 2.66. The molecular weight excluding hydrogens is 170 g/mol. The first kappa shape index (κ1) is 10.1. The standard InChI is InChI=1S/C13H21N/c1-2-3-4-9-14(10-12-5-6-12)11-13-7-8-13/h1,12-13H,3-11H2. The van der Waals surface area contributed by atoms with Crippen LogP contribution in [-0.4, -0.2) is 24.5 Å². The van der Waals surface area contributed by atoms with Crippen molar-refractivity contribution in [1.82, 2.24) is 4.90 Å². The van der Waals surface area contributed by atoms with Crippen LogP contribution in [0.3, 0.4) is 0 Å². The SMILES string of the molecule is C#CCCCN(CC1CC1)CC1CC1. The molecule has 0 saturated heterocycles. The van der Waals surface area contributed by atoms with Gasteiger partial charge in [0.1, 0.15) is 0 Å². The van der Waals surface area contributed by atoms with Crippen LogP contribution in [0, 0.1) is 24.2 Å². The number of nitrogens with zero attached hydrogens (tertiary/aromatic N) is 1. The third-order valence-electron chi connectivity index (χ3n) is 3.22. The molecule has 0 bridgehead atoms. The van der Waals surface area contributed by atoms with Crippen molar-refractivity contribution in [3.63, 3.8) is 0 Å². The molecular formula is C13H21N. The van der Waals surface area contributed by atoms with Gasteiger partial charge in [0.25, 0.3) is 0 Å². The topological polar surface area (TPSA) is 3.24 Å². The van der Waals surface area contributed by atoms with Gasteiger partial charge < -0.3 is 4.90 Å². The van der Waals surface area contributed by atoms with Crippen LogP contribution in [0.25, 0.3) is 0 Å². The fourth-order valence-corrected chi connectivity index (χ4v) is 1.99. The third kappa shape index (κ3) is 3.72. The zero-order valence-electron chi connectivity index (χ0n) is 9.04. The Morgan fingerprint density at radius 1 is 1.07 bits per heavy atom. The van der Waals surface area contributed by atoms with Crippen molar-refractivity contribution in [2.45, 2.75) is 38.5 Å². The molecule has 0 amide bonds. The molecule has 0 aliphatic heterocycles. The number of hydrogen-bond acceptors (Lipinski definition) is 1. The van der Waals surface area contributed by atoms with Gasteiger partial charge in [0.15, 0.2) is 0 Å². The van der Waals surface area contributed by atoms with Gasteiger partial charge in [-0.15, -0.1) is 12.3 Å². The van der Waals surface area contributed by atoms with Crippen molar-refractivity contribution in [2.24, 2.45) is 11.8 Å². The molecule has 1 heteroatoms. The van der Waals surface area contributed by atoms with Crippen molar-refractivity contribution in [3.8, 4) is 12.3 Å². The fraction of sp³-hybridized carbons (Fsp3) is 0.846. The first-order valence-corrected chi connectivity index (χ1v) is 6.04. The smallest absolute Gasteiger partial charge is 0.00982 e. The molecule has 2 saturated carbocycles. The summed E-state index contributed by atoms with van der Waals surface area (Å²) in [6, 6.07) is 0. The quantitative estimate of drug-likeness (QED) is 0.441. The summed E-state index contributed by atoms with van der Waals surface area (Å²) in [5, 5.41) is 0. The van der Waals surface area contributed by atoms with Gasteiger partial charge in [0, 0.05) is 19.5 Å². The second kappa shape index (κ2) is 4.84. The Morgan fingerprint density at radius 3 is 2.07 bits per heavy atom. The Hall–Kier alpha value is -0.480. The van der Waals surface area contributed by atoms with Gasteiger partial charge in [0.2, 0.25) is 0 Å². The molecule has 14 heavy (non-hydrogen) atoms. The minimum absolute atomic E-state index is 0.950. The lowest BCUT2D eigenvalue weighted by Crippen LogP contribution is -2.29.